The molecule has 0 spiro atoms. The number of aryl methyl sites for hydroxylation is 1. The van der Waals surface area contributed by atoms with Crippen LogP contribution < -0.4 is 0 Å². The third kappa shape index (κ3) is 1.95. The van der Waals surface area contributed by atoms with Crippen molar-refractivity contribution in [3.8, 4) is 0 Å². The Kier molecular flexibility index (Phi) is 2.72. The molecule has 1 N–H and O–H groups in total. The highest BCUT2D eigenvalue weighted by Crippen LogP contribution is 2.10. The molecule has 2 aromatic rings. The Bertz CT molecular complexity index is 517. The molecule has 2 heterocycles. The largest absolute Gasteiger partial charge is 0.477 e. The maximum Gasteiger partial charge on any atom is 0.352 e. The number of aromatic carboxylic acids is 1. The Labute approximate surface area is 93.2 Å². The number of carboxylic acid groups (broad SMARTS) is 1. The SMILES string of the molecule is Cc1ccncc1Cn1cccc1C(=O)O. The summed E-state index contributed by atoms with van der Waals surface area (Å²) in [7, 11) is 0. The molecule has 4 heteroatoms. The summed E-state index contributed by atoms with van der Waals surface area (Å²) in [6.45, 7) is 2.52. The number of rotatable bonds is 3. The molecule has 0 aliphatic heterocycles. The third-order valence-electron chi connectivity index (χ3n) is 2.54. The first-order valence-electron chi connectivity index (χ1n) is 4.96. The minimum atomic E-state index is -0.911. The summed E-state index contributed by atoms with van der Waals surface area (Å²) < 4.78 is 1.70. The highest BCUT2D eigenvalue weighted by molar-refractivity contribution is 5.85. The van der Waals surface area contributed by atoms with Crippen molar-refractivity contribution in [2.75, 3.05) is 0 Å². The van der Waals surface area contributed by atoms with Gasteiger partial charge in [-0.05, 0) is 36.2 Å². The molecule has 0 saturated carbocycles. The Hall–Kier alpha value is -2.10. The van der Waals surface area contributed by atoms with E-state index in [9.17, 15) is 4.79 Å². The number of carboxylic acids is 1. The van der Waals surface area contributed by atoms with E-state index in [0.29, 0.717) is 12.2 Å². The Balaban J connectivity index is 2.31. The zero-order valence-corrected chi connectivity index (χ0v) is 8.92. The second-order valence-corrected chi connectivity index (χ2v) is 3.63. The van der Waals surface area contributed by atoms with E-state index in [-0.39, 0.29) is 0 Å². The lowest BCUT2D eigenvalue weighted by Gasteiger charge is -2.08. The highest BCUT2D eigenvalue weighted by Gasteiger charge is 2.09. The summed E-state index contributed by atoms with van der Waals surface area (Å²) in [5.41, 5.74) is 2.43. The van der Waals surface area contributed by atoms with Crippen molar-refractivity contribution >= 4 is 5.97 Å². The number of hydrogen-bond acceptors (Lipinski definition) is 2. The van der Waals surface area contributed by atoms with E-state index in [4.69, 9.17) is 5.11 Å². The minimum Gasteiger partial charge on any atom is -0.477 e. The van der Waals surface area contributed by atoms with Crippen molar-refractivity contribution in [3.05, 3.63) is 53.6 Å². The smallest absolute Gasteiger partial charge is 0.352 e. The third-order valence-corrected chi connectivity index (χ3v) is 2.54. The molecule has 2 rings (SSSR count). The molecule has 0 bridgehead atoms. The zero-order valence-electron chi connectivity index (χ0n) is 8.92. The lowest BCUT2D eigenvalue weighted by molar-refractivity contribution is 0.0685. The summed E-state index contributed by atoms with van der Waals surface area (Å²) in [6.07, 6.45) is 5.25. The minimum absolute atomic E-state index is 0.295. The van der Waals surface area contributed by atoms with Gasteiger partial charge in [0.25, 0.3) is 0 Å². The molecule has 4 nitrogen and oxygen atoms in total. The Morgan fingerprint density at radius 2 is 2.31 bits per heavy atom. The van der Waals surface area contributed by atoms with Gasteiger partial charge >= 0.3 is 5.97 Å². The van der Waals surface area contributed by atoms with Gasteiger partial charge in [-0.1, -0.05) is 0 Å². The van der Waals surface area contributed by atoms with Crippen LogP contribution in [-0.4, -0.2) is 20.6 Å². The van der Waals surface area contributed by atoms with Crippen LogP contribution in [-0.2, 0) is 6.54 Å². The van der Waals surface area contributed by atoms with E-state index < -0.39 is 5.97 Å². The van der Waals surface area contributed by atoms with Gasteiger partial charge in [0.1, 0.15) is 5.69 Å². The first kappa shape index (κ1) is 10.4. The summed E-state index contributed by atoms with van der Waals surface area (Å²) in [6, 6.07) is 5.24. The molecule has 0 fully saturated rings. The van der Waals surface area contributed by atoms with Gasteiger partial charge in [0.2, 0.25) is 0 Å². The normalized spacial score (nSPS) is 10.3. The summed E-state index contributed by atoms with van der Waals surface area (Å²) in [4.78, 5) is 15.0. The lowest BCUT2D eigenvalue weighted by atomic mass is 10.1. The molecule has 0 atom stereocenters. The molecule has 2 aromatic heterocycles. The maximum absolute atomic E-state index is 10.9. The fourth-order valence-electron chi connectivity index (χ4n) is 1.59. The summed E-state index contributed by atoms with van der Waals surface area (Å²) >= 11 is 0. The predicted molar refractivity (Wildman–Crippen MR) is 59.5 cm³/mol. The molecular formula is C12H12N2O2. The van der Waals surface area contributed by atoms with Crippen molar-refractivity contribution < 1.29 is 9.90 Å². The van der Waals surface area contributed by atoms with Crippen LogP contribution in [0.3, 0.4) is 0 Å². The number of pyridine rings is 1. The number of aromatic nitrogens is 2. The quantitative estimate of drug-likeness (QED) is 0.853. The fourth-order valence-corrected chi connectivity index (χ4v) is 1.59. The molecule has 0 unspecified atom stereocenters. The zero-order chi connectivity index (χ0) is 11.5. The number of nitrogens with zero attached hydrogens (tertiary/aromatic N) is 2. The Morgan fingerprint density at radius 3 is 3.00 bits per heavy atom. The fraction of sp³-hybridized carbons (Fsp3) is 0.167. The lowest BCUT2D eigenvalue weighted by Crippen LogP contribution is -2.09. The van der Waals surface area contributed by atoms with Gasteiger partial charge in [-0.3, -0.25) is 4.98 Å². The van der Waals surface area contributed by atoms with Crippen LogP contribution in [0.15, 0.2) is 36.8 Å². The van der Waals surface area contributed by atoms with Crippen molar-refractivity contribution in [3.63, 3.8) is 0 Å². The molecular weight excluding hydrogens is 204 g/mol. The molecule has 0 saturated heterocycles. The van der Waals surface area contributed by atoms with E-state index in [1.807, 2.05) is 13.0 Å². The van der Waals surface area contributed by atoms with Crippen molar-refractivity contribution in [1.82, 2.24) is 9.55 Å². The average Bonchev–Trinajstić information content (AvgIpc) is 2.69. The van der Waals surface area contributed by atoms with Crippen LogP contribution in [0.4, 0.5) is 0 Å². The summed E-state index contributed by atoms with van der Waals surface area (Å²) in [5, 5.41) is 8.97. The van der Waals surface area contributed by atoms with Crippen LogP contribution >= 0.6 is 0 Å². The van der Waals surface area contributed by atoms with Crippen LogP contribution in [0.5, 0.6) is 0 Å². The van der Waals surface area contributed by atoms with Crippen molar-refractivity contribution in [2.45, 2.75) is 13.5 Å². The van der Waals surface area contributed by atoms with E-state index in [1.165, 1.54) is 0 Å². The van der Waals surface area contributed by atoms with Crippen LogP contribution in [0.2, 0.25) is 0 Å². The second-order valence-electron chi connectivity index (χ2n) is 3.63. The van der Waals surface area contributed by atoms with Crippen LogP contribution in [0.1, 0.15) is 21.6 Å². The summed E-state index contributed by atoms with van der Waals surface area (Å²) in [5.74, 6) is -0.911. The van der Waals surface area contributed by atoms with E-state index >= 15 is 0 Å². The molecule has 0 amide bonds. The first-order valence-corrected chi connectivity index (χ1v) is 4.96. The van der Waals surface area contributed by atoms with Gasteiger partial charge < -0.3 is 9.67 Å². The van der Waals surface area contributed by atoms with Gasteiger partial charge in [0.15, 0.2) is 0 Å². The molecule has 0 aliphatic rings. The maximum atomic E-state index is 10.9. The molecule has 82 valence electrons. The number of hydrogen-bond donors (Lipinski definition) is 1. The van der Waals surface area contributed by atoms with Gasteiger partial charge in [-0.2, -0.15) is 0 Å². The second kappa shape index (κ2) is 4.18. The number of carbonyl (C=O) groups is 1. The van der Waals surface area contributed by atoms with Crippen molar-refractivity contribution in [2.24, 2.45) is 0 Å². The Morgan fingerprint density at radius 1 is 1.50 bits per heavy atom. The molecule has 0 aliphatic carbocycles. The van der Waals surface area contributed by atoms with Gasteiger partial charge in [-0.25, -0.2) is 4.79 Å². The molecule has 0 aromatic carbocycles. The van der Waals surface area contributed by atoms with Gasteiger partial charge in [0.05, 0.1) is 0 Å². The average molecular weight is 216 g/mol. The van der Waals surface area contributed by atoms with E-state index in [2.05, 4.69) is 4.98 Å². The topological polar surface area (TPSA) is 55.1 Å². The van der Waals surface area contributed by atoms with Gasteiger partial charge in [-0.15, -0.1) is 0 Å². The molecule has 0 radical (unpaired) electrons. The first-order chi connectivity index (χ1) is 7.68. The van der Waals surface area contributed by atoms with Crippen LogP contribution in [0, 0.1) is 6.92 Å². The van der Waals surface area contributed by atoms with Crippen molar-refractivity contribution in [1.29, 1.82) is 0 Å². The van der Waals surface area contributed by atoms with E-state index in [1.54, 1.807) is 35.3 Å². The molecule has 16 heavy (non-hydrogen) atoms. The monoisotopic (exact) mass is 216 g/mol. The standard InChI is InChI=1S/C12H12N2O2/c1-9-4-5-13-7-10(9)8-14-6-2-3-11(14)12(15)16/h2-7H,8H2,1H3,(H,15,16). The predicted octanol–water partition coefficient (Wildman–Crippen LogP) is 1.94. The van der Waals surface area contributed by atoms with E-state index in [0.717, 1.165) is 11.1 Å². The highest BCUT2D eigenvalue weighted by atomic mass is 16.4. The van der Waals surface area contributed by atoms with Gasteiger partial charge in [0, 0.05) is 25.1 Å². The van der Waals surface area contributed by atoms with Crippen LogP contribution in [0.25, 0.3) is 0 Å².